The predicted molar refractivity (Wildman–Crippen MR) is 59.8 cm³/mol. The van der Waals surface area contributed by atoms with E-state index in [4.69, 9.17) is 5.84 Å². The number of nitrogens with one attached hydrogen (secondary N) is 1. The first-order chi connectivity index (χ1) is 7.70. The van der Waals surface area contributed by atoms with E-state index in [9.17, 15) is 10.1 Å². The minimum Gasteiger partial charge on any atom is -0.299 e. The summed E-state index contributed by atoms with van der Waals surface area (Å²) in [6.07, 6.45) is 0. The predicted octanol–water partition coefficient (Wildman–Crippen LogP) is 1.40. The van der Waals surface area contributed by atoms with Crippen LogP contribution in [0.25, 0.3) is 11.4 Å². The highest BCUT2D eigenvalue weighted by Crippen LogP contribution is 2.23. The highest BCUT2D eigenvalue weighted by Gasteiger charge is 2.10. The molecule has 1 heterocycles. The van der Waals surface area contributed by atoms with Crippen LogP contribution in [0.1, 0.15) is 0 Å². The maximum Gasteiger partial charge on any atom is 0.270 e. The van der Waals surface area contributed by atoms with Crippen LogP contribution in [0.3, 0.4) is 0 Å². The van der Waals surface area contributed by atoms with Crippen LogP contribution in [-0.2, 0) is 0 Å². The van der Waals surface area contributed by atoms with Gasteiger partial charge in [0.05, 0.1) is 4.92 Å². The number of nitrogens with zero attached hydrogens (tertiary/aromatic N) is 3. The summed E-state index contributed by atoms with van der Waals surface area (Å²) in [7, 11) is 0. The average molecular weight is 237 g/mol. The monoisotopic (exact) mass is 237 g/mol. The lowest BCUT2D eigenvalue weighted by atomic mass is 10.2. The fourth-order valence-corrected chi connectivity index (χ4v) is 1.66. The van der Waals surface area contributed by atoms with Crippen molar-refractivity contribution in [3.05, 3.63) is 34.4 Å². The van der Waals surface area contributed by atoms with Crippen molar-refractivity contribution < 1.29 is 4.92 Å². The molecule has 0 saturated carbocycles. The molecule has 1 aromatic carbocycles. The number of anilines is 1. The standard InChI is InChI=1S/C8H7N5O2S/c9-11-8-10-7(12-16-8)5-2-1-3-6(4-5)13(14)15/h1-4H,9H2,(H,10,11,12). The Bertz CT molecular complexity index is 527. The Labute approximate surface area is 94.2 Å². The average Bonchev–Trinajstić information content (AvgIpc) is 2.77. The number of hydrogen-bond donors (Lipinski definition) is 2. The van der Waals surface area contributed by atoms with Crippen molar-refractivity contribution in [2.45, 2.75) is 0 Å². The van der Waals surface area contributed by atoms with Crippen molar-refractivity contribution in [1.82, 2.24) is 9.36 Å². The highest BCUT2D eigenvalue weighted by atomic mass is 32.1. The van der Waals surface area contributed by atoms with Gasteiger partial charge in [-0.2, -0.15) is 9.36 Å². The molecule has 0 aliphatic heterocycles. The van der Waals surface area contributed by atoms with Crippen molar-refractivity contribution in [2.24, 2.45) is 5.84 Å². The van der Waals surface area contributed by atoms with E-state index in [2.05, 4.69) is 14.8 Å². The first kappa shape index (κ1) is 10.5. The molecule has 8 heteroatoms. The topological polar surface area (TPSA) is 107 Å². The maximum absolute atomic E-state index is 10.6. The molecule has 0 unspecified atom stereocenters. The van der Waals surface area contributed by atoms with Gasteiger partial charge in [-0.1, -0.05) is 12.1 Å². The number of nitro groups is 1. The van der Waals surface area contributed by atoms with Crippen LogP contribution in [-0.4, -0.2) is 14.3 Å². The van der Waals surface area contributed by atoms with Gasteiger partial charge in [0.15, 0.2) is 5.82 Å². The SMILES string of the molecule is NNc1nc(-c2cccc([N+](=O)[O-])c2)ns1. The number of nitrogen functional groups attached to an aromatic ring is 1. The molecular formula is C8H7N5O2S. The third-order valence-electron chi connectivity index (χ3n) is 1.86. The van der Waals surface area contributed by atoms with Crippen LogP contribution in [0, 0.1) is 10.1 Å². The lowest BCUT2D eigenvalue weighted by Crippen LogP contribution is -2.05. The van der Waals surface area contributed by atoms with Crippen LogP contribution in [0.2, 0.25) is 0 Å². The van der Waals surface area contributed by atoms with Crippen LogP contribution in [0.15, 0.2) is 24.3 Å². The summed E-state index contributed by atoms with van der Waals surface area (Å²) < 4.78 is 4.02. The molecule has 82 valence electrons. The van der Waals surface area contributed by atoms with E-state index in [0.717, 1.165) is 11.5 Å². The van der Waals surface area contributed by atoms with E-state index in [1.807, 2.05) is 0 Å². The van der Waals surface area contributed by atoms with Gasteiger partial charge < -0.3 is 0 Å². The third kappa shape index (κ3) is 1.97. The molecule has 16 heavy (non-hydrogen) atoms. The zero-order chi connectivity index (χ0) is 11.5. The number of non-ortho nitro benzene ring substituents is 1. The van der Waals surface area contributed by atoms with Crippen LogP contribution >= 0.6 is 11.5 Å². The molecule has 0 spiro atoms. The Kier molecular flexibility index (Phi) is 2.75. The second-order valence-corrected chi connectivity index (χ2v) is 3.63. The van der Waals surface area contributed by atoms with Crippen LogP contribution in [0.5, 0.6) is 0 Å². The number of nitro benzene ring substituents is 1. The fourth-order valence-electron chi connectivity index (χ4n) is 1.16. The lowest BCUT2D eigenvalue weighted by molar-refractivity contribution is -0.384. The van der Waals surface area contributed by atoms with E-state index < -0.39 is 4.92 Å². The van der Waals surface area contributed by atoms with Gasteiger partial charge in [-0.25, -0.2) is 5.84 Å². The molecule has 1 aromatic heterocycles. The zero-order valence-electron chi connectivity index (χ0n) is 7.95. The summed E-state index contributed by atoms with van der Waals surface area (Å²) in [6.45, 7) is 0. The Hall–Kier alpha value is -2.06. The zero-order valence-corrected chi connectivity index (χ0v) is 8.77. The first-order valence-corrected chi connectivity index (χ1v) is 5.03. The van der Waals surface area contributed by atoms with Gasteiger partial charge in [-0.15, -0.1) is 0 Å². The van der Waals surface area contributed by atoms with Gasteiger partial charge in [0.25, 0.3) is 5.69 Å². The van der Waals surface area contributed by atoms with Crippen molar-refractivity contribution in [2.75, 3.05) is 5.43 Å². The Morgan fingerprint density at radius 3 is 2.94 bits per heavy atom. The molecule has 0 radical (unpaired) electrons. The van der Waals surface area contributed by atoms with E-state index in [-0.39, 0.29) is 5.69 Å². The van der Waals surface area contributed by atoms with Crippen molar-refractivity contribution in [3.8, 4) is 11.4 Å². The molecule has 0 aliphatic rings. The van der Waals surface area contributed by atoms with Gasteiger partial charge >= 0.3 is 0 Å². The largest absolute Gasteiger partial charge is 0.299 e. The molecule has 2 aromatic rings. The molecule has 0 fully saturated rings. The number of aromatic nitrogens is 2. The van der Waals surface area contributed by atoms with Crippen molar-refractivity contribution >= 4 is 22.4 Å². The molecule has 0 amide bonds. The summed E-state index contributed by atoms with van der Waals surface area (Å²) in [6, 6.07) is 6.12. The van der Waals surface area contributed by atoms with Crippen molar-refractivity contribution in [3.63, 3.8) is 0 Å². The van der Waals surface area contributed by atoms with Gasteiger partial charge in [0.2, 0.25) is 5.13 Å². The van der Waals surface area contributed by atoms with Gasteiger partial charge in [-0.05, 0) is 0 Å². The minimum absolute atomic E-state index is 0.00885. The summed E-state index contributed by atoms with van der Waals surface area (Å²) in [5, 5.41) is 11.0. The number of hydrogen-bond acceptors (Lipinski definition) is 7. The Morgan fingerprint density at radius 2 is 2.31 bits per heavy atom. The number of hydrazine groups is 1. The third-order valence-corrected chi connectivity index (χ3v) is 2.51. The van der Waals surface area contributed by atoms with Gasteiger partial charge in [0.1, 0.15) is 0 Å². The second-order valence-electron chi connectivity index (χ2n) is 2.87. The van der Waals surface area contributed by atoms with E-state index >= 15 is 0 Å². The van der Waals surface area contributed by atoms with Gasteiger partial charge in [0, 0.05) is 29.2 Å². The number of nitrogens with two attached hydrogens (primary N) is 1. The van der Waals surface area contributed by atoms with E-state index in [1.165, 1.54) is 12.1 Å². The first-order valence-electron chi connectivity index (χ1n) is 4.26. The summed E-state index contributed by atoms with van der Waals surface area (Å²) in [5.41, 5.74) is 2.96. The molecule has 7 nitrogen and oxygen atoms in total. The number of benzene rings is 1. The maximum atomic E-state index is 10.6. The second kappa shape index (κ2) is 4.21. The fraction of sp³-hybridized carbons (Fsp3) is 0. The molecular weight excluding hydrogens is 230 g/mol. The molecule has 2 rings (SSSR count). The van der Waals surface area contributed by atoms with Crippen molar-refractivity contribution in [1.29, 1.82) is 0 Å². The molecule has 0 saturated heterocycles. The molecule has 0 bridgehead atoms. The van der Waals surface area contributed by atoms with Gasteiger partial charge in [-0.3, -0.25) is 15.5 Å². The smallest absolute Gasteiger partial charge is 0.270 e. The highest BCUT2D eigenvalue weighted by molar-refractivity contribution is 7.09. The number of rotatable bonds is 3. The van der Waals surface area contributed by atoms with E-state index in [0.29, 0.717) is 16.5 Å². The minimum atomic E-state index is -0.460. The summed E-state index contributed by atoms with van der Waals surface area (Å²) in [4.78, 5) is 14.2. The van der Waals surface area contributed by atoms with Crippen LogP contribution < -0.4 is 11.3 Å². The molecule has 0 atom stereocenters. The van der Waals surface area contributed by atoms with Crippen LogP contribution in [0.4, 0.5) is 10.8 Å². The van der Waals surface area contributed by atoms with E-state index in [1.54, 1.807) is 12.1 Å². The normalized spacial score (nSPS) is 10.1. The Balaban J connectivity index is 2.40. The quantitative estimate of drug-likeness (QED) is 0.474. The lowest BCUT2D eigenvalue weighted by Gasteiger charge is -1.95. The summed E-state index contributed by atoms with van der Waals surface area (Å²) >= 11 is 1.09. The molecule has 3 N–H and O–H groups in total. The summed E-state index contributed by atoms with van der Waals surface area (Å²) in [5.74, 6) is 5.59. The Morgan fingerprint density at radius 1 is 1.50 bits per heavy atom. The molecule has 0 aliphatic carbocycles.